The first-order chi connectivity index (χ1) is 12.4. The standard InChI is InChI=1S/C25H24/c1-2-9-18(10-3-1)25(19-11-4-5-12-19)23-16-8-15-22-21-14-7-6-13-20(21)17-24(22)23/h1-2,4-8,11,13-16,18,25H,3,9-10,12,17H2. The van der Waals surface area contributed by atoms with Gasteiger partial charge in [0.15, 0.2) is 0 Å². The first kappa shape index (κ1) is 15.0. The van der Waals surface area contributed by atoms with E-state index in [4.69, 9.17) is 0 Å². The molecule has 0 heteroatoms. The zero-order valence-electron chi connectivity index (χ0n) is 14.6. The van der Waals surface area contributed by atoms with Crippen molar-refractivity contribution in [2.45, 2.75) is 38.0 Å². The van der Waals surface area contributed by atoms with Gasteiger partial charge in [0, 0.05) is 5.92 Å². The average Bonchev–Trinajstić information content (AvgIpc) is 3.31. The predicted molar refractivity (Wildman–Crippen MR) is 106 cm³/mol. The highest BCUT2D eigenvalue weighted by Gasteiger charge is 2.31. The molecule has 0 bridgehead atoms. The van der Waals surface area contributed by atoms with Crippen molar-refractivity contribution in [2.24, 2.45) is 5.92 Å². The fourth-order valence-electron chi connectivity index (χ4n) is 5.04. The molecule has 2 unspecified atom stereocenters. The van der Waals surface area contributed by atoms with Crippen molar-refractivity contribution in [1.29, 1.82) is 0 Å². The van der Waals surface area contributed by atoms with Crippen LogP contribution in [0.5, 0.6) is 0 Å². The summed E-state index contributed by atoms with van der Waals surface area (Å²) in [4.78, 5) is 0. The number of fused-ring (bicyclic) bond motifs is 3. The molecule has 0 N–H and O–H groups in total. The van der Waals surface area contributed by atoms with Gasteiger partial charge in [0.05, 0.1) is 0 Å². The van der Waals surface area contributed by atoms with E-state index >= 15 is 0 Å². The summed E-state index contributed by atoms with van der Waals surface area (Å²) in [5, 5.41) is 0. The molecule has 0 spiro atoms. The van der Waals surface area contributed by atoms with Gasteiger partial charge in [-0.15, -0.1) is 0 Å². The molecule has 0 radical (unpaired) electrons. The second-order valence-corrected chi connectivity index (χ2v) is 7.60. The zero-order valence-corrected chi connectivity index (χ0v) is 14.6. The van der Waals surface area contributed by atoms with Crippen LogP contribution in [0.1, 0.15) is 48.3 Å². The van der Waals surface area contributed by atoms with Gasteiger partial charge in [-0.3, -0.25) is 0 Å². The van der Waals surface area contributed by atoms with Crippen LogP contribution in [0.4, 0.5) is 0 Å². The number of hydrogen-bond donors (Lipinski definition) is 0. The van der Waals surface area contributed by atoms with E-state index in [1.807, 2.05) is 0 Å². The Hall–Kier alpha value is -2.34. The Morgan fingerprint density at radius 3 is 2.64 bits per heavy atom. The van der Waals surface area contributed by atoms with Gasteiger partial charge in [0.2, 0.25) is 0 Å². The minimum Gasteiger partial charge on any atom is -0.0885 e. The van der Waals surface area contributed by atoms with Gasteiger partial charge in [-0.1, -0.05) is 78.4 Å². The second kappa shape index (κ2) is 6.19. The topological polar surface area (TPSA) is 0 Å². The molecular formula is C25H24. The van der Waals surface area contributed by atoms with Gasteiger partial charge in [0.25, 0.3) is 0 Å². The maximum absolute atomic E-state index is 2.41. The molecule has 3 aliphatic rings. The Morgan fingerprint density at radius 1 is 0.880 bits per heavy atom. The van der Waals surface area contributed by atoms with Gasteiger partial charge in [-0.25, -0.2) is 0 Å². The van der Waals surface area contributed by atoms with Crippen LogP contribution in [-0.2, 0) is 6.42 Å². The third-order valence-corrected chi connectivity index (χ3v) is 6.20. The lowest BCUT2D eigenvalue weighted by Gasteiger charge is -2.31. The average molecular weight is 324 g/mol. The van der Waals surface area contributed by atoms with Crippen LogP contribution in [0, 0.1) is 5.92 Å². The van der Waals surface area contributed by atoms with Crippen molar-refractivity contribution < 1.29 is 0 Å². The van der Waals surface area contributed by atoms with Crippen LogP contribution in [-0.4, -0.2) is 0 Å². The minimum atomic E-state index is 0.573. The van der Waals surface area contributed by atoms with E-state index < -0.39 is 0 Å². The summed E-state index contributed by atoms with van der Waals surface area (Å²) in [6, 6.07) is 16.0. The van der Waals surface area contributed by atoms with E-state index in [-0.39, 0.29) is 0 Å². The SMILES string of the molecule is C1=CCC(C(c2cccc3c2Cc2ccccc2-3)C2CC=CCC2)=C1. The second-order valence-electron chi connectivity index (χ2n) is 7.60. The molecule has 124 valence electrons. The number of benzene rings is 2. The lowest BCUT2D eigenvalue weighted by atomic mass is 9.73. The minimum absolute atomic E-state index is 0.573. The molecule has 2 aromatic carbocycles. The lowest BCUT2D eigenvalue weighted by molar-refractivity contribution is 0.420. The van der Waals surface area contributed by atoms with Crippen LogP contribution < -0.4 is 0 Å². The Balaban J connectivity index is 1.62. The molecule has 2 atom stereocenters. The molecular weight excluding hydrogens is 300 g/mol. The summed E-state index contributed by atoms with van der Waals surface area (Å²) in [5.41, 5.74) is 9.19. The molecule has 0 saturated carbocycles. The van der Waals surface area contributed by atoms with E-state index in [1.165, 1.54) is 36.0 Å². The highest BCUT2D eigenvalue weighted by atomic mass is 14.3. The molecule has 0 nitrogen and oxygen atoms in total. The fraction of sp³-hybridized carbons (Fsp3) is 0.280. The van der Waals surface area contributed by atoms with Gasteiger partial charge in [0.1, 0.15) is 0 Å². The molecule has 3 aliphatic carbocycles. The van der Waals surface area contributed by atoms with Crippen molar-refractivity contribution in [1.82, 2.24) is 0 Å². The fourth-order valence-corrected chi connectivity index (χ4v) is 5.04. The van der Waals surface area contributed by atoms with Crippen molar-refractivity contribution in [3.05, 3.63) is 95.1 Å². The third-order valence-electron chi connectivity index (χ3n) is 6.20. The van der Waals surface area contributed by atoms with Crippen molar-refractivity contribution in [3.63, 3.8) is 0 Å². The smallest absolute Gasteiger partial charge is 0.00888 e. The number of hydrogen-bond acceptors (Lipinski definition) is 0. The van der Waals surface area contributed by atoms with Crippen molar-refractivity contribution in [3.8, 4) is 11.1 Å². The zero-order chi connectivity index (χ0) is 16.6. The third kappa shape index (κ3) is 2.52. The monoisotopic (exact) mass is 324 g/mol. The number of rotatable bonds is 3. The van der Waals surface area contributed by atoms with Crippen LogP contribution in [0.15, 0.2) is 78.4 Å². The molecule has 0 fully saturated rings. The molecule has 0 aliphatic heterocycles. The molecule has 2 aromatic rings. The van der Waals surface area contributed by atoms with E-state index in [9.17, 15) is 0 Å². The molecule has 5 rings (SSSR count). The van der Waals surface area contributed by atoms with Gasteiger partial charge in [-0.05, 0) is 65.8 Å². The highest BCUT2D eigenvalue weighted by Crippen LogP contribution is 2.47. The van der Waals surface area contributed by atoms with E-state index in [0.717, 1.165) is 18.8 Å². The molecule has 0 saturated heterocycles. The summed E-state index contributed by atoms with van der Waals surface area (Å²) in [5.74, 6) is 1.32. The summed E-state index contributed by atoms with van der Waals surface area (Å²) < 4.78 is 0. The molecule has 0 heterocycles. The predicted octanol–water partition coefficient (Wildman–Crippen LogP) is 6.58. The quantitative estimate of drug-likeness (QED) is 0.477. The Bertz CT molecular complexity index is 894. The van der Waals surface area contributed by atoms with E-state index in [0.29, 0.717) is 5.92 Å². The molecule has 0 aromatic heterocycles. The summed E-state index contributed by atoms with van der Waals surface area (Å²) >= 11 is 0. The van der Waals surface area contributed by atoms with E-state index in [1.54, 1.807) is 16.7 Å². The Morgan fingerprint density at radius 2 is 1.80 bits per heavy atom. The lowest BCUT2D eigenvalue weighted by Crippen LogP contribution is -2.18. The van der Waals surface area contributed by atoms with Crippen molar-refractivity contribution in [2.75, 3.05) is 0 Å². The molecule has 0 amide bonds. The van der Waals surface area contributed by atoms with Gasteiger partial charge >= 0.3 is 0 Å². The summed E-state index contributed by atoms with van der Waals surface area (Å²) in [6.45, 7) is 0. The number of allylic oxidation sites excluding steroid dienone is 6. The van der Waals surface area contributed by atoms with E-state index in [2.05, 4.69) is 72.8 Å². The summed E-state index contributed by atoms with van der Waals surface area (Å²) in [6.07, 6.45) is 17.7. The molecule has 25 heavy (non-hydrogen) atoms. The van der Waals surface area contributed by atoms with Crippen molar-refractivity contribution >= 4 is 0 Å². The van der Waals surface area contributed by atoms with Crippen LogP contribution in [0.2, 0.25) is 0 Å². The van der Waals surface area contributed by atoms with Gasteiger partial charge < -0.3 is 0 Å². The van der Waals surface area contributed by atoms with Crippen LogP contribution >= 0.6 is 0 Å². The largest absolute Gasteiger partial charge is 0.0885 e. The Labute approximate surface area is 150 Å². The maximum atomic E-state index is 2.41. The first-order valence-corrected chi connectivity index (χ1v) is 9.62. The Kier molecular flexibility index (Phi) is 3.70. The first-order valence-electron chi connectivity index (χ1n) is 9.62. The normalized spacial score (nSPS) is 21.8. The summed E-state index contributed by atoms with van der Waals surface area (Å²) in [7, 11) is 0. The van der Waals surface area contributed by atoms with Crippen LogP contribution in [0.3, 0.4) is 0 Å². The maximum Gasteiger partial charge on any atom is 0.00888 e. The highest BCUT2D eigenvalue weighted by molar-refractivity contribution is 5.78. The van der Waals surface area contributed by atoms with Crippen LogP contribution in [0.25, 0.3) is 11.1 Å². The van der Waals surface area contributed by atoms with Gasteiger partial charge in [-0.2, -0.15) is 0 Å².